The number of β-amino-alcohol motifs (C(OH)–C–C–N with tert-alkyl or cyclic N) is 1. The maximum Gasteiger partial charge on any atom is 0.246 e. The molecule has 0 radical (unpaired) electrons. The quantitative estimate of drug-likeness (QED) is 0.0340. The molecule has 0 spiro atoms. The zero-order valence-corrected chi connectivity index (χ0v) is 49.3. The van der Waals surface area contributed by atoms with Crippen LogP contribution in [-0.2, 0) is 14.4 Å². The highest BCUT2D eigenvalue weighted by atomic mass is 32.1. The minimum Gasteiger partial charge on any atom is -0.508 e. The number of aromatic nitrogens is 3. The second-order valence-corrected chi connectivity index (χ2v) is 25.3. The van der Waals surface area contributed by atoms with Crippen molar-refractivity contribution < 1.29 is 38.1 Å². The molecule has 83 heavy (non-hydrogen) atoms. The van der Waals surface area contributed by atoms with E-state index in [9.17, 15) is 24.6 Å². The van der Waals surface area contributed by atoms with Crippen LogP contribution in [0.15, 0.2) is 66.3 Å². The number of phenols is 1. The topological polar surface area (TPSA) is 185 Å². The number of halogens is 2. The molecular weight excluding hydrogens is 1070 g/mol. The normalized spacial score (nSPS) is 20.2. The molecule has 3 unspecified atom stereocenters. The number of fused-ring (bicyclic) bond motifs is 4. The molecule has 5 N–H and O–H groups in total. The fourth-order valence-corrected chi connectivity index (χ4v) is 13.5. The fraction of sp³-hybridized carbons (Fsp3) is 0.508. The van der Waals surface area contributed by atoms with Gasteiger partial charge in [0.05, 0.1) is 39.5 Å². The van der Waals surface area contributed by atoms with E-state index in [4.69, 9.17) is 16.1 Å². The summed E-state index contributed by atoms with van der Waals surface area (Å²) >= 11 is 1.58. The number of aliphatic hydroxyl groups is 1. The van der Waals surface area contributed by atoms with Gasteiger partial charge in [-0.2, -0.15) is 0 Å². The minimum absolute atomic E-state index is 0.0218. The van der Waals surface area contributed by atoms with Crippen LogP contribution in [0.3, 0.4) is 0 Å². The second kappa shape index (κ2) is 26.0. The van der Waals surface area contributed by atoms with Crippen molar-refractivity contribution in [3.63, 3.8) is 0 Å². The Labute approximate surface area is 490 Å². The van der Waals surface area contributed by atoms with Crippen LogP contribution >= 0.6 is 11.3 Å². The molecule has 15 nitrogen and oxygen atoms in total. The Bertz CT molecular complexity index is 3340. The molecule has 0 aliphatic carbocycles. The molecule has 4 saturated heterocycles. The molecule has 440 valence electrons. The smallest absolute Gasteiger partial charge is 0.246 e. The van der Waals surface area contributed by atoms with Crippen molar-refractivity contribution in [3.8, 4) is 45.7 Å². The molecule has 0 saturated carbocycles. The third kappa shape index (κ3) is 13.8. The van der Waals surface area contributed by atoms with Gasteiger partial charge in [0.15, 0.2) is 5.82 Å². The summed E-state index contributed by atoms with van der Waals surface area (Å²) < 4.78 is 38.8. The standard InChI is InChI=1S/C65H79F2N9O6S/c1-7-49-52(66)24-21-43-30-46(77)31-50(57(43)49)59-58(67)60-51(34-68-59)53(75-35-44-22-23-45(36-75)71-44)33-56(73-60)82-48-25-28-74(29-26-48)27-15-13-11-9-8-10-12-14-16-55(79)72-62(65(4,5)6)64(81)76-37-47(78)32-54(76)63(80)70-39(2)41-17-19-42(20-18-41)61-40(3)69-38-83-61/h1,17-21,24,30-31,33-34,38-39,44-45,47-48,54,62,71,77-78H,8-16,22-23,25-29,32,35-37H2,2-6H3,(H,70,80)(H,72,79)/t39-,44?,45?,47+,54-,62?/m0/s1. The number of carbonyl (C=O) groups is 3. The molecule has 3 aromatic carbocycles. The van der Waals surface area contributed by atoms with Gasteiger partial charge < -0.3 is 45.6 Å². The van der Waals surface area contributed by atoms with Crippen molar-refractivity contribution >= 4 is 56.4 Å². The number of piperidine rings is 1. The number of nitrogens with zero attached hydrogens (tertiary/aromatic N) is 6. The summed E-state index contributed by atoms with van der Waals surface area (Å²) in [6, 6.07) is 14.1. The molecule has 4 aliphatic heterocycles. The number of rotatable bonds is 21. The summed E-state index contributed by atoms with van der Waals surface area (Å²) in [5.41, 5.74) is 5.10. The number of unbranched alkanes of at least 4 members (excludes halogenated alkanes) is 7. The van der Waals surface area contributed by atoms with Crippen molar-refractivity contribution in [1.29, 1.82) is 0 Å². The Morgan fingerprint density at radius 2 is 1.60 bits per heavy atom. The minimum atomic E-state index is -0.865. The third-order valence-electron chi connectivity index (χ3n) is 17.3. The third-order valence-corrected chi connectivity index (χ3v) is 18.2. The van der Waals surface area contributed by atoms with Gasteiger partial charge in [-0.1, -0.05) is 95.5 Å². The molecular formula is C65H79F2N9O6S. The number of nitrogens with one attached hydrogen (secondary N) is 3. The first-order valence-corrected chi connectivity index (χ1v) is 30.7. The SMILES string of the molecule is C#Cc1c(F)ccc2cc(O)cc(-c3ncc4c(N5CC6CCC(C5)N6)cc(OC5CCN(CCCCCCCCCCC(=O)NC(C(=O)N6C[C@H](O)C[C@H]6C(=O)N[C@@H](C)c6ccc(-c7scnc7C)cc6)C(C)(C)C)CC5)nc4c3F)c12. The summed E-state index contributed by atoms with van der Waals surface area (Å²) in [5.74, 6) is 0.417. The largest absolute Gasteiger partial charge is 0.508 e. The summed E-state index contributed by atoms with van der Waals surface area (Å²) in [7, 11) is 0. The molecule has 18 heteroatoms. The van der Waals surface area contributed by atoms with Crippen molar-refractivity contribution in [2.45, 2.75) is 167 Å². The molecule has 3 amide bonds. The van der Waals surface area contributed by atoms with Crippen molar-refractivity contribution in [2.75, 3.05) is 44.2 Å². The number of amides is 3. The number of benzene rings is 3. The van der Waals surface area contributed by atoms with Gasteiger partial charge in [-0.05, 0) is 99.0 Å². The van der Waals surface area contributed by atoms with E-state index in [0.29, 0.717) is 41.6 Å². The van der Waals surface area contributed by atoms with E-state index < -0.39 is 35.2 Å². The summed E-state index contributed by atoms with van der Waals surface area (Å²) in [6.07, 6.45) is 18.9. The number of carbonyl (C=O) groups excluding carboxylic acids is 3. The van der Waals surface area contributed by atoms with Crippen LogP contribution in [0.1, 0.15) is 140 Å². The van der Waals surface area contributed by atoms with Crippen molar-refractivity contribution in [1.82, 2.24) is 40.7 Å². The molecule has 4 fully saturated rings. The van der Waals surface area contributed by atoms with Crippen LogP contribution < -0.4 is 25.6 Å². The molecule has 7 heterocycles. The number of anilines is 1. The number of thiazole rings is 1. The maximum absolute atomic E-state index is 17.1. The zero-order chi connectivity index (χ0) is 58.5. The van der Waals surface area contributed by atoms with E-state index in [2.05, 4.69) is 41.6 Å². The number of ether oxygens (including phenoxy) is 1. The molecule has 6 aromatic rings. The first kappa shape index (κ1) is 59.4. The first-order valence-electron chi connectivity index (χ1n) is 29.8. The van der Waals surface area contributed by atoms with Crippen LogP contribution in [0.2, 0.25) is 0 Å². The highest BCUT2D eigenvalue weighted by Gasteiger charge is 2.45. The average Bonchev–Trinajstić information content (AvgIpc) is 4.24. The maximum atomic E-state index is 17.1. The highest BCUT2D eigenvalue weighted by Crippen LogP contribution is 2.41. The Balaban J connectivity index is 0.650. The number of terminal acetylenes is 1. The van der Waals surface area contributed by atoms with Gasteiger partial charge in [0.25, 0.3) is 0 Å². The average molecular weight is 1150 g/mol. The lowest BCUT2D eigenvalue weighted by atomic mass is 9.85. The number of aliphatic hydroxyl groups excluding tert-OH is 1. The van der Waals surface area contributed by atoms with Crippen LogP contribution in [0.5, 0.6) is 11.6 Å². The second-order valence-electron chi connectivity index (χ2n) is 24.5. The zero-order valence-electron chi connectivity index (χ0n) is 48.5. The number of phenolic OH excluding ortho intramolecular Hbond substituents is 1. The van der Waals surface area contributed by atoms with E-state index >= 15 is 8.78 Å². The van der Waals surface area contributed by atoms with E-state index in [0.717, 1.165) is 131 Å². The Kier molecular flexibility index (Phi) is 18.6. The van der Waals surface area contributed by atoms with Crippen molar-refractivity contribution in [3.05, 3.63) is 94.8 Å². The van der Waals surface area contributed by atoms with E-state index in [1.165, 1.54) is 29.2 Å². The Morgan fingerprint density at radius 3 is 2.28 bits per heavy atom. The monoisotopic (exact) mass is 1150 g/mol. The molecule has 2 bridgehead atoms. The van der Waals surface area contributed by atoms with E-state index in [-0.39, 0.29) is 76.3 Å². The van der Waals surface area contributed by atoms with Gasteiger partial charge >= 0.3 is 0 Å². The van der Waals surface area contributed by atoms with Crippen LogP contribution in [0.25, 0.3) is 43.4 Å². The van der Waals surface area contributed by atoms with Gasteiger partial charge in [0, 0.05) is 86.2 Å². The predicted molar refractivity (Wildman–Crippen MR) is 322 cm³/mol. The molecule has 6 atom stereocenters. The van der Waals surface area contributed by atoms with Gasteiger partial charge in [-0.3, -0.25) is 19.4 Å². The Morgan fingerprint density at radius 1 is 0.904 bits per heavy atom. The van der Waals surface area contributed by atoms with Gasteiger partial charge in [0.2, 0.25) is 23.6 Å². The lowest BCUT2D eigenvalue weighted by Gasteiger charge is -2.35. The van der Waals surface area contributed by atoms with Crippen LogP contribution in [0.4, 0.5) is 14.5 Å². The van der Waals surface area contributed by atoms with Crippen LogP contribution in [-0.4, -0.2) is 128 Å². The molecule has 10 rings (SSSR count). The van der Waals surface area contributed by atoms with Gasteiger partial charge in [-0.15, -0.1) is 17.8 Å². The lowest BCUT2D eigenvalue weighted by molar-refractivity contribution is -0.144. The number of pyridine rings is 2. The number of aromatic hydroxyl groups is 1. The van der Waals surface area contributed by atoms with Crippen LogP contribution in [0, 0.1) is 36.3 Å². The number of aryl methyl sites for hydroxylation is 1. The number of hydrogen-bond donors (Lipinski definition) is 5. The summed E-state index contributed by atoms with van der Waals surface area (Å²) in [6.45, 7) is 13.9. The van der Waals surface area contributed by atoms with Gasteiger partial charge in [0.1, 0.15) is 41.0 Å². The predicted octanol–water partition coefficient (Wildman–Crippen LogP) is 10.5. The van der Waals surface area contributed by atoms with E-state index in [1.54, 1.807) is 17.5 Å². The molecule has 4 aliphatic rings. The first-order chi connectivity index (χ1) is 39.9. The summed E-state index contributed by atoms with van der Waals surface area (Å²) in [4.78, 5) is 62.3. The van der Waals surface area contributed by atoms with Crippen molar-refractivity contribution in [2.24, 2.45) is 5.41 Å². The number of likely N-dealkylation sites (tertiary alicyclic amines) is 2. The molecule has 3 aromatic heterocycles. The highest BCUT2D eigenvalue weighted by molar-refractivity contribution is 7.13. The lowest BCUT2D eigenvalue weighted by Crippen LogP contribution is -2.57. The summed E-state index contributed by atoms with van der Waals surface area (Å²) in [5, 5.41) is 32.5. The Hall–Kier alpha value is -6.78. The van der Waals surface area contributed by atoms with E-state index in [1.807, 2.05) is 70.5 Å². The number of hydrogen-bond acceptors (Lipinski definition) is 13. The fourth-order valence-electron chi connectivity index (χ4n) is 12.7. The number of piperazine rings is 1. The van der Waals surface area contributed by atoms with Gasteiger partial charge in [-0.25, -0.2) is 18.7 Å².